The van der Waals surface area contributed by atoms with E-state index in [-0.39, 0.29) is 11.5 Å². The first-order chi connectivity index (χ1) is 10.1. The largest absolute Gasteiger partial charge is 0.462 e. The highest BCUT2D eigenvalue weighted by atomic mass is 16.5. The third kappa shape index (κ3) is 7.96. The Labute approximate surface area is 133 Å². The molecule has 0 heterocycles. The number of hydrogen-bond acceptors (Lipinski definition) is 4. The molecule has 22 heavy (non-hydrogen) atoms. The van der Waals surface area contributed by atoms with E-state index >= 15 is 0 Å². The van der Waals surface area contributed by atoms with Crippen LogP contribution in [0.3, 0.4) is 0 Å². The molecule has 0 atom stereocenters. The van der Waals surface area contributed by atoms with Crippen LogP contribution in [0, 0.1) is 0 Å². The Kier molecular flexibility index (Phi) is 8.68. The highest BCUT2D eigenvalue weighted by molar-refractivity contribution is 6.35. The van der Waals surface area contributed by atoms with Gasteiger partial charge in [-0.25, -0.2) is 4.79 Å². The SMILES string of the molecule is C=C(C)C(=O)OCCCCCCN(C(=O)C(C)=O)C(C)(C)C. The van der Waals surface area contributed by atoms with Crippen LogP contribution in [0.25, 0.3) is 0 Å². The maximum Gasteiger partial charge on any atom is 0.333 e. The number of carbonyl (C=O) groups excluding carboxylic acids is 3. The van der Waals surface area contributed by atoms with Gasteiger partial charge in [0.1, 0.15) is 0 Å². The predicted molar refractivity (Wildman–Crippen MR) is 86.4 cm³/mol. The van der Waals surface area contributed by atoms with Gasteiger partial charge in [-0.05, 0) is 47.0 Å². The van der Waals surface area contributed by atoms with Crippen LogP contribution in [0.1, 0.15) is 60.3 Å². The van der Waals surface area contributed by atoms with E-state index in [4.69, 9.17) is 4.74 Å². The summed E-state index contributed by atoms with van der Waals surface area (Å²) in [5.41, 5.74) is 0.0447. The molecule has 0 aromatic rings. The van der Waals surface area contributed by atoms with Crippen LogP contribution in [0.4, 0.5) is 0 Å². The van der Waals surface area contributed by atoms with Crippen molar-refractivity contribution in [1.82, 2.24) is 4.90 Å². The number of ether oxygens (including phenoxy) is 1. The summed E-state index contributed by atoms with van der Waals surface area (Å²) in [6.45, 7) is 13.2. The van der Waals surface area contributed by atoms with Gasteiger partial charge in [-0.15, -0.1) is 0 Å². The molecule has 0 fully saturated rings. The smallest absolute Gasteiger partial charge is 0.333 e. The van der Waals surface area contributed by atoms with Crippen LogP contribution in [0.15, 0.2) is 12.2 Å². The fourth-order valence-electron chi connectivity index (χ4n) is 1.95. The van der Waals surface area contributed by atoms with Crippen LogP contribution in [0.2, 0.25) is 0 Å². The molecule has 1 amide bonds. The molecule has 0 aliphatic rings. The van der Waals surface area contributed by atoms with Gasteiger partial charge in [0.2, 0.25) is 5.78 Å². The third-order valence-corrected chi connectivity index (χ3v) is 3.21. The van der Waals surface area contributed by atoms with Crippen molar-refractivity contribution < 1.29 is 19.1 Å². The lowest BCUT2D eigenvalue weighted by atomic mass is 10.0. The molecule has 0 unspecified atom stereocenters. The lowest BCUT2D eigenvalue weighted by Crippen LogP contribution is -2.48. The van der Waals surface area contributed by atoms with Gasteiger partial charge >= 0.3 is 5.97 Å². The van der Waals surface area contributed by atoms with Crippen LogP contribution in [0.5, 0.6) is 0 Å². The second kappa shape index (κ2) is 9.38. The van der Waals surface area contributed by atoms with Gasteiger partial charge in [0.25, 0.3) is 5.91 Å². The Hall–Kier alpha value is -1.65. The average Bonchev–Trinajstić information content (AvgIpc) is 2.39. The van der Waals surface area contributed by atoms with E-state index in [9.17, 15) is 14.4 Å². The number of hydrogen-bond donors (Lipinski definition) is 0. The monoisotopic (exact) mass is 311 g/mol. The molecule has 0 aliphatic heterocycles. The van der Waals surface area contributed by atoms with Crippen LogP contribution < -0.4 is 0 Å². The summed E-state index contributed by atoms with van der Waals surface area (Å²) in [4.78, 5) is 36.0. The zero-order valence-electron chi connectivity index (χ0n) is 14.5. The van der Waals surface area contributed by atoms with Gasteiger partial charge < -0.3 is 9.64 Å². The second-order valence-corrected chi connectivity index (χ2v) is 6.51. The van der Waals surface area contributed by atoms with Crippen molar-refractivity contribution in [1.29, 1.82) is 0 Å². The summed E-state index contributed by atoms with van der Waals surface area (Å²) >= 11 is 0. The number of rotatable bonds is 9. The molecule has 5 nitrogen and oxygen atoms in total. The molecular weight excluding hydrogens is 282 g/mol. The van der Waals surface area contributed by atoms with Crippen molar-refractivity contribution in [2.24, 2.45) is 0 Å². The maximum absolute atomic E-state index is 11.9. The molecule has 0 N–H and O–H groups in total. The first-order valence-corrected chi connectivity index (χ1v) is 7.72. The molecule has 126 valence electrons. The van der Waals surface area contributed by atoms with E-state index in [0.717, 1.165) is 25.7 Å². The molecule has 0 bridgehead atoms. The molecule has 0 aliphatic carbocycles. The number of esters is 1. The van der Waals surface area contributed by atoms with E-state index in [1.807, 2.05) is 20.8 Å². The van der Waals surface area contributed by atoms with Gasteiger partial charge in [0, 0.05) is 24.6 Å². The Morgan fingerprint density at radius 1 is 1.00 bits per heavy atom. The van der Waals surface area contributed by atoms with Gasteiger partial charge in [0.05, 0.1) is 6.61 Å². The Balaban J connectivity index is 4.01. The molecule has 0 aromatic heterocycles. The van der Waals surface area contributed by atoms with Crippen molar-refractivity contribution in [3.8, 4) is 0 Å². The van der Waals surface area contributed by atoms with Gasteiger partial charge in [-0.3, -0.25) is 9.59 Å². The maximum atomic E-state index is 11.9. The molecule has 0 saturated carbocycles. The van der Waals surface area contributed by atoms with Crippen LogP contribution in [-0.4, -0.2) is 41.3 Å². The number of Topliss-reactive ketones (excluding diaryl/α,β-unsaturated/α-hetero) is 1. The fraction of sp³-hybridized carbons (Fsp3) is 0.706. The number of amides is 1. The van der Waals surface area contributed by atoms with Crippen molar-refractivity contribution in [2.45, 2.75) is 65.8 Å². The Morgan fingerprint density at radius 3 is 2.00 bits per heavy atom. The molecule has 0 spiro atoms. The number of nitrogens with zero attached hydrogens (tertiary/aromatic N) is 1. The highest BCUT2D eigenvalue weighted by Crippen LogP contribution is 2.15. The van der Waals surface area contributed by atoms with Crippen molar-refractivity contribution in [3.05, 3.63) is 12.2 Å². The minimum atomic E-state index is -0.429. The van der Waals surface area contributed by atoms with Gasteiger partial charge in [-0.2, -0.15) is 0 Å². The summed E-state index contributed by atoms with van der Waals surface area (Å²) in [6.07, 6.45) is 3.44. The Morgan fingerprint density at radius 2 is 1.55 bits per heavy atom. The lowest BCUT2D eigenvalue weighted by molar-refractivity contribution is -0.147. The standard InChI is InChI=1S/C17H29NO4/c1-13(2)16(21)22-12-10-8-7-9-11-18(17(4,5)6)15(20)14(3)19/h1,7-12H2,2-6H3. The van der Waals surface area contributed by atoms with Crippen molar-refractivity contribution >= 4 is 17.7 Å². The predicted octanol–water partition coefficient (Wildman–Crippen LogP) is 2.88. The minimum absolute atomic E-state index is 0.356. The highest BCUT2D eigenvalue weighted by Gasteiger charge is 2.28. The van der Waals surface area contributed by atoms with E-state index in [1.165, 1.54) is 6.92 Å². The molecule has 0 rings (SSSR count). The fourth-order valence-corrected chi connectivity index (χ4v) is 1.95. The van der Waals surface area contributed by atoms with Crippen molar-refractivity contribution in [3.63, 3.8) is 0 Å². The molecule has 5 heteroatoms. The number of unbranched alkanes of at least 4 members (excludes halogenated alkanes) is 3. The average molecular weight is 311 g/mol. The van der Waals surface area contributed by atoms with Gasteiger partial charge in [-0.1, -0.05) is 13.0 Å². The zero-order valence-corrected chi connectivity index (χ0v) is 14.5. The van der Waals surface area contributed by atoms with E-state index in [0.29, 0.717) is 18.7 Å². The normalized spacial score (nSPS) is 11.0. The summed E-state index contributed by atoms with van der Waals surface area (Å²) in [7, 11) is 0. The van der Waals surface area contributed by atoms with E-state index in [1.54, 1.807) is 11.8 Å². The zero-order chi connectivity index (χ0) is 17.3. The Bertz CT molecular complexity index is 421. The molecular formula is C17H29NO4. The second-order valence-electron chi connectivity index (χ2n) is 6.51. The van der Waals surface area contributed by atoms with E-state index < -0.39 is 11.7 Å². The first-order valence-electron chi connectivity index (χ1n) is 7.72. The number of carbonyl (C=O) groups is 3. The summed E-state index contributed by atoms with van der Waals surface area (Å²) in [5, 5.41) is 0. The summed E-state index contributed by atoms with van der Waals surface area (Å²) in [5.74, 6) is -1.21. The van der Waals surface area contributed by atoms with E-state index in [2.05, 4.69) is 6.58 Å². The minimum Gasteiger partial charge on any atom is -0.462 e. The molecule has 0 saturated heterocycles. The van der Waals surface area contributed by atoms with Crippen LogP contribution >= 0.6 is 0 Å². The summed E-state index contributed by atoms with van der Waals surface area (Å²) in [6, 6.07) is 0. The molecule has 0 aromatic carbocycles. The topological polar surface area (TPSA) is 63.7 Å². The quantitative estimate of drug-likeness (QED) is 0.284. The van der Waals surface area contributed by atoms with Crippen LogP contribution in [-0.2, 0) is 19.1 Å². The third-order valence-electron chi connectivity index (χ3n) is 3.21. The number of ketones is 1. The van der Waals surface area contributed by atoms with Crippen molar-refractivity contribution in [2.75, 3.05) is 13.2 Å². The summed E-state index contributed by atoms with van der Waals surface area (Å²) < 4.78 is 5.01. The lowest BCUT2D eigenvalue weighted by Gasteiger charge is -2.35. The first kappa shape index (κ1) is 20.3. The van der Waals surface area contributed by atoms with Gasteiger partial charge in [0.15, 0.2) is 0 Å². The molecule has 0 radical (unpaired) electrons.